The summed E-state index contributed by atoms with van der Waals surface area (Å²) in [6, 6.07) is 0. The zero-order valence-electron chi connectivity index (χ0n) is 5.77. The number of hydrogen-bond acceptors (Lipinski definition) is 2. The van der Waals surface area contributed by atoms with Crippen molar-refractivity contribution in [3.8, 4) is 0 Å². The van der Waals surface area contributed by atoms with E-state index in [9.17, 15) is 4.79 Å². The van der Waals surface area contributed by atoms with Gasteiger partial charge in [-0.15, -0.1) is 0 Å². The second-order valence-electron chi connectivity index (χ2n) is 2.53. The molecule has 0 aromatic carbocycles. The van der Waals surface area contributed by atoms with E-state index in [0.29, 0.717) is 6.54 Å². The average Bonchev–Trinajstić information content (AvgIpc) is 2.39. The smallest absolute Gasteiger partial charge is 0.268 e. The highest BCUT2D eigenvalue weighted by Gasteiger charge is 2.16. The molecule has 0 saturated carbocycles. The van der Waals surface area contributed by atoms with E-state index >= 15 is 0 Å². The van der Waals surface area contributed by atoms with Crippen molar-refractivity contribution < 1.29 is 0 Å². The Morgan fingerprint density at radius 3 is 3.00 bits per heavy atom. The van der Waals surface area contributed by atoms with Gasteiger partial charge in [-0.2, -0.15) is 0 Å². The Labute approximate surface area is 57.8 Å². The molecule has 1 aromatic rings. The van der Waals surface area contributed by atoms with Crippen LogP contribution in [0.4, 0.5) is 0 Å². The SMILES string of the molecule is Cn1[nH]c(=O)c2c1CNC2. The summed E-state index contributed by atoms with van der Waals surface area (Å²) in [5.41, 5.74) is 2.02. The maximum absolute atomic E-state index is 11.0. The van der Waals surface area contributed by atoms with Crippen molar-refractivity contribution in [1.29, 1.82) is 0 Å². The van der Waals surface area contributed by atoms with Crippen LogP contribution in [0.5, 0.6) is 0 Å². The van der Waals surface area contributed by atoms with Gasteiger partial charge in [-0.3, -0.25) is 14.6 Å². The molecule has 4 nitrogen and oxygen atoms in total. The Bertz CT molecular complexity index is 309. The van der Waals surface area contributed by atoms with Gasteiger partial charge in [0.25, 0.3) is 5.56 Å². The van der Waals surface area contributed by atoms with E-state index in [1.165, 1.54) is 0 Å². The molecule has 2 N–H and O–H groups in total. The Kier molecular flexibility index (Phi) is 0.990. The van der Waals surface area contributed by atoms with Gasteiger partial charge < -0.3 is 5.32 Å². The van der Waals surface area contributed by atoms with Crippen LogP contribution in [0.25, 0.3) is 0 Å². The molecule has 0 radical (unpaired) electrons. The van der Waals surface area contributed by atoms with Crippen molar-refractivity contribution in [2.75, 3.05) is 0 Å². The van der Waals surface area contributed by atoms with Gasteiger partial charge in [-0.1, -0.05) is 0 Å². The third-order valence-electron chi connectivity index (χ3n) is 1.89. The van der Waals surface area contributed by atoms with Crippen LogP contribution in [-0.2, 0) is 20.1 Å². The molecule has 10 heavy (non-hydrogen) atoms. The quantitative estimate of drug-likeness (QED) is 0.500. The number of aromatic nitrogens is 2. The van der Waals surface area contributed by atoms with Crippen LogP contribution in [0.2, 0.25) is 0 Å². The molecular formula is C6H9N3O. The van der Waals surface area contributed by atoms with Crippen LogP contribution in [-0.4, -0.2) is 9.78 Å². The Morgan fingerprint density at radius 2 is 2.30 bits per heavy atom. The molecule has 54 valence electrons. The third-order valence-corrected chi connectivity index (χ3v) is 1.89. The first-order chi connectivity index (χ1) is 4.79. The van der Waals surface area contributed by atoms with Gasteiger partial charge in [-0.25, -0.2) is 0 Å². The fourth-order valence-electron chi connectivity index (χ4n) is 1.33. The molecule has 1 aromatic heterocycles. The predicted molar refractivity (Wildman–Crippen MR) is 36.6 cm³/mol. The Balaban J connectivity index is 2.73. The third kappa shape index (κ3) is 0.565. The summed E-state index contributed by atoms with van der Waals surface area (Å²) < 4.78 is 1.78. The first-order valence-corrected chi connectivity index (χ1v) is 3.26. The Hall–Kier alpha value is -1.03. The summed E-state index contributed by atoms with van der Waals surface area (Å²) >= 11 is 0. The van der Waals surface area contributed by atoms with Gasteiger partial charge in [0.15, 0.2) is 0 Å². The summed E-state index contributed by atoms with van der Waals surface area (Å²) in [6.45, 7) is 1.52. The van der Waals surface area contributed by atoms with Crippen LogP contribution in [0, 0.1) is 0 Å². The number of H-pyrrole nitrogens is 1. The molecule has 0 amide bonds. The number of hydrogen-bond donors (Lipinski definition) is 2. The zero-order valence-corrected chi connectivity index (χ0v) is 5.77. The molecule has 0 unspecified atom stereocenters. The highest BCUT2D eigenvalue weighted by Crippen LogP contribution is 2.07. The molecular weight excluding hydrogens is 130 g/mol. The minimum absolute atomic E-state index is 0.0440. The predicted octanol–water partition coefficient (Wildman–Crippen LogP) is -0.683. The summed E-state index contributed by atoms with van der Waals surface area (Å²) in [5.74, 6) is 0. The summed E-state index contributed by atoms with van der Waals surface area (Å²) in [7, 11) is 1.85. The summed E-state index contributed by atoms with van der Waals surface area (Å²) in [6.07, 6.45) is 0. The van der Waals surface area contributed by atoms with Crippen LogP contribution in [0.15, 0.2) is 4.79 Å². The lowest BCUT2D eigenvalue weighted by atomic mass is 10.3. The number of fused-ring (bicyclic) bond motifs is 1. The van der Waals surface area contributed by atoms with Gasteiger partial charge in [0.05, 0.1) is 11.3 Å². The lowest BCUT2D eigenvalue weighted by Gasteiger charge is -1.94. The molecule has 0 fully saturated rings. The molecule has 2 heterocycles. The topological polar surface area (TPSA) is 49.8 Å². The van der Waals surface area contributed by atoms with Crippen LogP contribution >= 0.6 is 0 Å². The van der Waals surface area contributed by atoms with E-state index in [0.717, 1.165) is 17.8 Å². The van der Waals surface area contributed by atoms with E-state index in [2.05, 4.69) is 10.4 Å². The molecule has 0 bridgehead atoms. The van der Waals surface area contributed by atoms with Crippen molar-refractivity contribution in [2.45, 2.75) is 13.1 Å². The van der Waals surface area contributed by atoms with Crippen molar-refractivity contribution >= 4 is 0 Å². The standard InChI is InChI=1S/C6H9N3O/c1-9-5-3-7-2-4(5)6(10)8-9/h7H,2-3H2,1H3,(H,8,10). The molecule has 0 saturated heterocycles. The van der Waals surface area contributed by atoms with Crippen molar-refractivity contribution in [2.24, 2.45) is 7.05 Å². The maximum Gasteiger partial charge on any atom is 0.268 e. The maximum atomic E-state index is 11.0. The molecule has 0 spiro atoms. The van der Waals surface area contributed by atoms with Crippen LogP contribution in [0.3, 0.4) is 0 Å². The average molecular weight is 139 g/mol. The van der Waals surface area contributed by atoms with Gasteiger partial charge in [0.1, 0.15) is 0 Å². The van der Waals surface area contributed by atoms with Gasteiger partial charge in [0.2, 0.25) is 0 Å². The van der Waals surface area contributed by atoms with Crippen LogP contribution in [0.1, 0.15) is 11.3 Å². The van der Waals surface area contributed by atoms with Crippen LogP contribution < -0.4 is 10.9 Å². The molecule has 0 atom stereocenters. The minimum atomic E-state index is 0.0440. The van der Waals surface area contributed by atoms with Crippen molar-refractivity contribution in [3.05, 3.63) is 21.6 Å². The lowest BCUT2D eigenvalue weighted by molar-refractivity contribution is 0.661. The van der Waals surface area contributed by atoms with E-state index in [1.807, 2.05) is 7.05 Å². The largest absolute Gasteiger partial charge is 0.307 e. The fourth-order valence-corrected chi connectivity index (χ4v) is 1.33. The molecule has 2 rings (SSSR count). The fraction of sp³-hybridized carbons (Fsp3) is 0.500. The second kappa shape index (κ2) is 1.73. The number of aryl methyl sites for hydroxylation is 1. The minimum Gasteiger partial charge on any atom is -0.307 e. The number of rotatable bonds is 0. The second-order valence-corrected chi connectivity index (χ2v) is 2.53. The normalized spacial score (nSPS) is 15.7. The highest BCUT2D eigenvalue weighted by molar-refractivity contribution is 5.21. The number of nitrogens with zero attached hydrogens (tertiary/aromatic N) is 1. The van der Waals surface area contributed by atoms with Crippen molar-refractivity contribution in [3.63, 3.8) is 0 Å². The lowest BCUT2D eigenvalue weighted by Crippen LogP contribution is -2.12. The molecule has 4 heteroatoms. The summed E-state index contributed by atoms with van der Waals surface area (Å²) in [4.78, 5) is 11.0. The van der Waals surface area contributed by atoms with E-state index < -0.39 is 0 Å². The molecule has 1 aliphatic heterocycles. The van der Waals surface area contributed by atoms with E-state index in [1.54, 1.807) is 4.68 Å². The summed E-state index contributed by atoms with van der Waals surface area (Å²) in [5, 5.41) is 5.81. The Morgan fingerprint density at radius 1 is 1.50 bits per heavy atom. The van der Waals surface area contributed by atoms with E-state index in [-0.39, 0.29) is 5.56 Å². The van der Waals surface area contributed by atoms with Gasteiger partial charge in [-0.05, 0) is 0 Å². The molecule has 0 aliphatic carbocycles. The van der Waals surface area contributed by atoms with E-state index in [4.69, 9.17) is 0 Å². The van der Waals surface area contributed by atoms with Gasteiger partial charge >= 0.3 is 0 Å². The highest BCUT2D eigenvalue weighted by atomic mass is 16.1. The first-order valence-electron chi connectivity index (χ1n) is 3.26. The first kappa shape index (κ1) is 5.73. The molecule has 1 aliphatic rings. The zero-order chi connectivity index (χ0) is 7.14. The number of aromatic amines is 1. The van der Waals surface area contributed by atoms with Gasteiger partial charge in [0, 0.05) is 20.1 Å². The number of nitrogens with one attached hydrogen (secondary N) is 2. The monoisotopic (exact) mass is 139 g/mol. The van der Waals surface area contributed by atoms with Crippen molar-refractivity contribution in [1.82, 2.24) is 15.1 Å².